The van der Waals surface area contributed by atoms with E-state index in [0.717, 1.165) is 41.7 Å². The second-order valence-corrected chi connectivity index (χ2v) is 8.56. The first-order chi connectivity index (χ1) is 15.4. The van der Waals surface area contributed by atoms with Crippen LogP contribution in [0.3, 0.4) is 0 Å². The molecular weight excluding hydrogens is 406 g/mol. The summed E-state index contributed by atoms with van der Waals surface area (Å²) in [5.74, 6) is -1.02. The Kier molecular flexibility index (Phi) is 6.53. The number of aromatic nitrogens is 2. The van der Waals surface area contributed by atoms with Crippen LogP contribution in [-0.4, -0.2) is 62.9 Å². The van der Waals surface area contributed by atoms with Crippen molar-refractivity contribution < 1.29 is 14.7 Å². The van der Waals surface area contributed by atoms with E-state index in [1.807, 2.05) is 49.2 Å². The Hall–Kier alpha value is -3.23. The number of hydrogen-bond acceptors (Lipinski definition) is 5. The number of pyridine rings is 1. The number of benzene rings is 1. The van der Waals surface area contributed by atoms with E-state index < -0.39 is 12.0 Å². The van der Waals surface area contributed by atoms with E-state index in [1.165, 1.54) is 0 Å². The summed E-state index contributed by atoms with van der Waals surface area (Å²) < 4.78 is 0. The second-order valence-electron chi connectivity index (χ2n) is 8.56. The molecule has 8 heteroatoms. The molecule has 32 heavy (non-hydrogen) atoms. The fourth-order valence-electron chi connectivity index (χ4n) is 4.15. The fraction of sp³-hybridized carbons (Fsp3) is 0.375. The summed E-state index contributed by atoms with van der Waals surface area (Å²) in [5, 5.41) is 13.8. The van der Waals surface area contributed by atoms with Crippen LogP contribution in [0.4, 0.5) is 5.69 Å². The van der Waals surface area contributed by atoms with Gasteiger partial charge in [0, 0.05) is 79.4 Å². The van der Waals surface area contributed by atoms with Crippen molar-refractivity contribution in [3.8, 4) is 0 Å². The summed E-state index contributed by atoms with van der Waals surface area (Å²) in [7, 11) is 0. The largest absolute Gasteiger partial charge is 0.480 e. The summed E-state index contributed by atoms with van der Waals surface area (Å²) in [4.78, 5) is 36.0. The van der Waals surface area contributed by atoms with E-state index in [9.17, 15) is 14.7 Å². The fourth-order valence-corrected chi connectivity index (χ4v) is 4.15. The topological polar surface area (TPSA) is 102 Å². The lowest BCUT2D eigenvalue weighted by atomic mass is 10.0. The average Bonchev–Trinajstić information content (AvgIpc) is 3.18. The molecule has 3 N–H and O–H groups in total. The van der Waals surface area contributed by atoms with Crippen LogP contribution in [-0.2, 0) is 16.1 Å². The number of carbonyl (C=O) groups excluding carboxylic acids is 1. The van der Waals surface area contributed by atoms with Crippen LogP contribution >= 0.6 is 0 Å². The number of aliphatic carboxylic acids is 1. The molecule has 4 rings (SSSR count). The van der Waals surface area contributed by atoms with Crippen molar-refractivity contribution in [2.24, 2.45) is 5.92 Å². The van der Waals surface area contributed by atoms with Gasteiger partial charge in [0.1, 0.15) is 6.04 Å². The number of nitrogens with one attached hydrogen (secondary N) is 2. The first-order valence-corrected chi connectivity index (χ1v) is 10.9. The Bertz CT molecular complexity index is 1090. The number of hydrogen-bond donors (Lipinski definition) is 3. The summed E-state index contributed by atoms with van der Waals surface area (Å²) >= 11 is 0. The molecule has 168 valence electrons. The third-order valence-corrected chi connectivity index (χ3v) is 5.94. The van der Waals surface area contributed by atoms with Crippen LogP contribution in [0.25, 0.3) is 10.9 Å². The zero-order chi connectivity index (χ0) is 22.7. The molecule has 1 aromatic carbocycles. The highest BCUT2D eigenvalue weighted by atomic mass is 16.4. The van der Waals surface area contributed by atoms with E-state index in [0.29, 0.717) is 18.8 Å². The van der Waals surface area contributed by atoms with Gasteiger partial charge < -0.3 is 15.4 Å². The lowest BCUT2D eigenvalue weighted by Crippen LogP contribution is -2.48. The average molecular weight is 436 g/mol. The molecule has 8 nitrogen and oxygen atoms in total. The Morgan fingerprint density at radius 1 is 1.19 bits per heavy atom. The first kappa shape index (κ1) is 22.0. The molecule has 3 heterocycles. The van der Waals surface area contributed by atoms with Crippen molar-refractivity contribution in [1.29, 1.82) is 0 Å². The number of aromatic amines is 1. The number of anilines is 1. The Morgan fingerprint density at radius 2 is 1.97 bits per heavy atom. The van der Waals surface area contributed by atoms with Crippen LogP contribution < -0.4 is 5.32 Å². The van der Waals surface area contributed by atoms with Gasteiger partial charge in [-0.25, -0.2) is 0 Å². The van der Waals surface area contributed by atoms with Crippen molar-refractivity contribution >= 4 is 28.5 Å². The zero-order valence-corrected chi connectivity index (χ0v) is 18.4. The molecule has 1 unspecified atom stereocenters. The highest BCUT2D eigenvalue weighted by Gasteiger charge is 2.32. The third kappa shape index (κ3) is 4.81. The highest BCUT2D eigenvalue weighted by molar-refractivity contribution is 5.96. The van der Waals surface area contributed by atoms with Gasteiger partial charge in [0.2, 0.25) is 5.91 Å². The molecule has 0 spiro atoms. The van der Waals surface area contributed by atoms with Gasteiger partial charge in [-0.05, 0) is 23.8 Å². The van der Waals surface area contributed by atoms with Crippen molar-refractivity contribution in [1.82, 2.24) is 19.8 Å². The van der Waals surface area contributed by atoms with E-state index in [1.54, 1.807) is 12.4 Å². The third-order valence-electron chi connectivity index (χ3n) is 5.94. The van der Waals surface area contributed by atoms with E-state index in [2.05, 4.69) is 26.3 Å². The molecular formula is C24H29N5O3. The molecule has 2 aromatic heterocycles. The Morgan fingerprint density at radius 3 is 2.62 bits per heavy atom. The van der Waals surface area contributed by atoms with Crippen LogP contribution in [0, 0.1) is 5.92 Å². The monoisotopic (exact) mass is 435 g/mol. The number of carboxylic acid groups (broad SMARTS) is 1. The molecule has 0 aliphatic carbocycles. The molecule has 1 amide bonds. The predicted molar refractivity (Wildman–Crippen MR) is 123 cm³/mol. The van der Waals surface area contributed by atoms with Gasteiger partial charge in [-0.1, -0.05) is 26.0 Å². The van der Waals surface area contributed by atoms with E-state index in [-0.39, 0.29) is 11.8 Å². The maximum absolute atomic E-state index is 12.3. The lowest BCUT2D eigenvalue weighted by molar-refractivity contribution is -0.144. The van der Waals surface area contributed by atoms with Gasteiger partial charge in [0.05, 0.1) is 0 Å². The molecule has 1 fully saturated rings. The number of rotatable bonds is 7. The van der Waals surface area contributed by atoms with Gasteiger partial charge in [0.25, 0.3) is 0 Å². The highest BCUT2D eigenvalue weighted by Crippen LogP contribution is 2.31. The van der Waals surface area contributed by atoms with Gasteiger partial charge in [-0.15, -0.1) is 0 Å². The van der Waals surface area contributed by atoms with E-state index >= 15 is 0 Å². The Labute approximate surface area is 187 Å². The number of fused-ring (bicyclic) bond motifs is 1. The second kappa shape index (κ2) is 9.50. The molecule has 1 saturated heterocycles. The van der Waals surface area contributed by atoms with Gasteiger partial charge in [-0.3, -0.25) is 24.4 Å². The van der Waals surface area contributed by atoms with Crippen LogP contribution in [0.2, 0.25) is 0 Å². The summed E-state index contributed by atoms with van der Waals surface area (Å²) in [6, 6.07) is 8.83. The molecule has 1 aliphatic heterocycles. The number of H-pyrrole nitrogens is 1. The predicted octanol–water partition coefficient (Wildman–Crippen LogP) is 3.10. The van der Waals surface area contributed by atoms with Crippen LogP contribution in [0.15, 0.2) is 48.9 Å². The maximum Gasteiger partial charge on any atom is 0.325 e. The molecule has 0 saturated carbocycles. The minimum absolute atomic E-state index is 0.0521. The number of carboxylic acids is 1. The number of carbonyl (C=O) groups is 2. The SMILES string of the molecule is CC(C)C(=O)Nc1ccc2c(C(C(=O)O)N3CCN(Cc4cccnc4)CC3)c[nH]c2c1. The van der Waals surface area contributed by atoms with Crippen molar-refractivity contribution in [2.45, 2.75) is 26.4 Å². The first-order valence-electron chi connectivity index (χ1n) is 10.9. The van der Waals surface area contributed by atoms with Gasteiger partial charge >= 0.3 is 5.97 Å². The number of amides is 1. The normalized spacial score (nSPS) is 16.3. The van der Waals surface area contributed by atoms with Crippen molar-refractivity contribution in [3.05, 3.63) is 60.0 Å². The molecule has 0 bridgehead atoms. The van der Waals surface area contributed by atoms with Gasteiger partial charge in [-0.2, -0.15) is 0 Å². The van der Waals surface area contributed by atoms with E-state index in [4.69, 9.17) is 0 Å². The van der Waals surface area contributed by atoms with Gasteiger partial charge in [0.15, 0.2) is 0 Å². The maximum atomic E-state index is 12.3. The van der Waals surface area contributed by atoms with Crippen molar-refractivity contribution in [3.63, 3.8) is 0 Å². The number of nitrogens with zero attached hydrogens (tertiary/aromatic N) is 3. The van der Waals surface area contributed by atoms with Crippen LogP contribution in [0.1, 0.15) is 31.0 Å². The molecule has 1 atom stereocenters. The molecule has 3 aromatic rings. The minimum Gasteiger partial charge on any atom is -0.480 e. The molecule has 1 aliphatic rings. The summed E-state index contributed by atoms with van der Waals surface area (Å²) in [6.07, 6.45) is 5.41. The van der Waals surface area contributed by atoms with Crippen LogP contribution in [0.5, 0.6) is 0 Å². The zero-order valence-electron chi connectivity index (χ0n) is 18.4. The van der Waals surface area contributed by atoms with Crippen molar-refractivity contribution in [2.75, 3.05) is 31.5 Å². The quantitative estimate of drug-likeness (QED) is 0.527. The lowest BCUT2D eigenvalue weighted by Gasteiger charge is -2.37. The summed E-state index contributed by atoms with van der Waals surface area (Å²) in [5.41, 5.74) is 3.41. The number of piperazine rings is 1. The standard InChI is InChI=1S/C24H29N5O3/c1-16(2)23(30)27-18-5-6-19-20(14-26-21(19)12-18)22(24(31)32)29-10-8-28(9-11-29)15-17-4-3-7-25-13-17/h3-7,12-14,16,22,26H,8-11,15H2,1-2H3,(H,27,30)(H,31,32). The minimum atomic E-state index is -0.858. The Balaban J connectivity index is 1.48. The smallest absolute Gasteiger partial charge is 0.325 e. The molecule has 0 radical (unpaired) electrons. The summed E-state index contributed by atoms with van der Waals surface area (Å²) in [6.45, 7) is 7.44.